The lowest BCUT2D eigenvalue weighted by atomic mass is 10.1. The summed E-state index contributed by atoms with van der Waals surface area (Å²) in [6.07, 6.45) is 0. The molecule has 2 aromatic carbocycles. The summed E-state index contributed by atoms with van der Waals surface area (Å²) in [6.45, 7) is 0.496. The van der Waals surface area contributed by atoms with Crippen molar-refractivity contribution in [1.29, 1.82) is 0 Å². The summed E-state index contributed by atoms with van der Waals surface area (Å²) in [7, 11) is 3.03. The van der Waals surface area contributed by atoms with Crippen LogP contribution in [0, 0.1) is 5.82 Å². The Hall–Kier alpha value is -2.77. The van der Waals surface area contributed by atoms with E-state index in [1.807, 2.05) is 12.1 Å². The second-order valence-electron chi connectivity index (χ2n) is 5.47. The molecule has 0 aliphatic heterocycles. The third-order valence-corrected chi connectivity index (χ3v) is 4.46. The van der Waals surface area contributed by atoms with Crippen molar-refractivity contribution in [2.24, 2.45) is 0 Å². The van der Waals surface area contributed by atoms with Crippen LogP contribution < -0.4 is 10.1 Å². The number of methoxy groups -OCH3 is 2. The van der Waals surface area contributed by atoms with Crippen LogP contribution in [0.25, 0.3) is 11.3 Å². The summed E-state index contributed by atoms with van der Waals surface area (Å²) in [5.41, 5.74) is 2.71. The molecule has 134 valence electrons. The van der Waals surface area contributed by atoms with E-state index >= 15 is 0 Å². The second kappa shape index (κ2) is 8.07. The third-order valence-electron chi connectivity index (χ3n) is 3.70. The number of ether oxygens (including phenoxy) is 2. The van der Waals surface area contributed by atoms with E-state index in [1.165, 1.54) is 24.5 Å². The molecule has 3 rings (SSSR count). The van der Waals surface area contributed by atoms with Crippen molar-refractivity contribution in [2.75, 3.05) is 19.5 Å². The van der Waals surface area contributed by atoms with Crippen LogP contribution in [0.4, 0.5) is 9.52 Å². The van der Waals surface area contributed by atoms with Gasteiger partial charge in [0.25, 0.3) is 5.91 Å². The van der Waals surface area contributed by atoms with Crippen LogP contribution >= 0.6 is 11.3 Å². The molecule has 0 saturated heterocycles. The highest BCUT2D eigenvalue weighted by Gasteiger charge is 2.12. The van der Waals surface area contributed by atoms with E-state index in [4.69, 9.17) is 9.47 Å². The lowest BCUT2D eigenvalue weighted by Gasteiger charge is -2.04. The number of anilines is 1. The quantitative estimate of drug-likeness (QED) is 0.699. The zero-order chi connectivity index (χ0) is 18.5. The average molecular weight is 372 g/mol. The van der Waals surface area contributed by atoms with Gasteiger partial charge in [-0.1, -0.05) is 12.1 Å². The molecule has 0 aliphatic rings. The number of nitrogens with zero attached hydrogens (tertiary/aromatic N) is 1. The lowest BCUT2D eigenvalue weighted by Crippen LogP contribution is -2.11. The molecule has 1 heterocycles. The molecule has 0 fully saturated rings. The summed E-state index contributed by atoms with van der Waals surface area (Å²) in [6, 6.07) is 11.8. The first-order valence-electron chi connectivity index (χ1n) is 7.79. The largest absolute Gasteiger partial charge is 0.494 e. The number of thiazole rings is 1. The van der Waals surface area contributed by atoms with Crippen molar-refractivity contribution in [2.45, 2.75) is 6.61 Å². The summed E-state index contributed by atoms with van der Waals surface area (Å²) >= 11 is 1.28. The number of aromatic nitrogens is 1. The maximum Gasteiger partial charge on any atom is 0.257 e. The Labute approximate surface area is 154 Å². The van der Waals surface area contributed by atoms with Gasteiger partial charge in [0, 0.05) is 23.6 Å². The number of halogens is 1. The molecule has 5 nitrogen and oxygen atoms in total. The summed E-state index contributed by atoms with van der Waals surface area (Å²) in [4.78, 5) is 16.7. The second-order valence-corrected chi connectivity index (χ2v) is 6.33. The average Bonchev–Trinajstić information content (AvgIpc) is 3.11. The molecular formula is C19H17FN2O3S. The van der Waals surface area contributed by atoms with Crippen LogP contribution in [0.1, 0.15) is 15.9 Å². The van der Waals surface area contributed by atoms with Crippen molar-refractivity contribution in [3.63, 3.8) is 0 Å². The van der Waals surface area contributed by atoms with E-state index in [-0.39, 0.29) is 11.7 Å². The Morgan fingerprint density at radius 1 is 1.19 bits per heavy atom. The highest BCUT2D eigenvalue weighted by molar-refractivity contribution is 7.14. The van der Waals surface area contributed by atoms with Gasteiger partial charge in [-0.3, -0.25) is 10.1 Å². The zero-order valence-corrected chi connectivity index (χ0v) is 15.1. The molecule has 0 saturated carbocycles. The van der Waals surface area contributed by atoms with Crippen LogP contribution in [0.5, 0.6) is 5.75 Å². The van der Waals surface area contributed by atoms with Gasteiger partial charge >= 0.3 is 0 Å². The molecule has 3 aromatic rings. The molecule has 26 heavy (non-hydrogen) atoms. The highest BCUT2D eigenvalue weighted by atomic mass is 32.1. The van der Waals surface area contributed by atoms with Gasteiger partial charge in [-0.25, -0.2) is 9.37 Å². The normalized spacial score (nSPS) is 10.6. The molecule has 1 amide bonds. The fourth-order valence-electron chi connectivity index (χ4n) is 2.38. The van der Waals surface area contributed by atoms with Crippen molar-refractivity contribution in [1.82, 2.24) is 4.98 Å². The minimum Gasteiger partial charge on any atom is -0.494 e. The maximum atomic E-state index is 13.8. The Morgan fingerprint density at radius 2 is 1.96 bits per heavy atom. The third kappa shape index (κ3) is 4.07. The molecule has 0 unspecified atom stereocenters. The molecular weight excluding hydrogens is 355 g/mol. The number of hydrogen-bond acceptors (Lipinski definition) is 5. The van der Waals surface area contributed by atoms with E-state index in [1.54, 1.807) is 36.8 Å². The maximum absolute atomic E-state index is 13.8. The number of rotatable bonds is 6. The predicted octanol–water partition coefficient (Wildman–Crippen LogP) is 4.36. The number of nitrogens with one attached hydrogen (secondary N) is 1. The van der Waals surface area contributed by atoms with Crippen molar-refractivity contribution in [3.05, 3.63) is 64.8 Å². The van der Waals surface area contributed by atoms with E-state index in [0.717, 1.165) is 5.56 Å². The minimum atomic E-state index is -0.459. The van der Waals surface area contributed by atoms with Gasteiger partial charge in [0.1, 0.15) is 0 Å². The van der Waals surface area contributed by atoms with Gasteiger partial charge in [0.15, 0.2) is 16.7 Å². The van der Waals surface area contributed by atoms with E-state index < -0.39 is 5.82 Å². The topological polar surface area (TPSA) is 60.5 Å². The van der Waals surface area contributed by atoms with Gasteiger partial charge in [-0.15, -0.1) is 11.3 Å². The number of amides is 1. The van der Waals surface area contributed by atoms with E-state index in [2.05, 4.69) is 10.3 Å². The SMILES string of the molecule is COCc1ccc(C(=O)Nc2nc(-c3ccc(OC)c(F)c3)cs2)cc1. The Morgan fingerprint density at radius 3 is 2.62 bits per heavy atom. The zero-order valence-electron chi connectivity index (χ0n) is 14.3. The van der Waals surface area contributed by atoms with Crippen LogP contribution in [0.3, 0.4) is 0 Å². The Balaban J connectivity index is 1.71. The fraction of sp³-hybridized carbons (Fsp3) is 0.158. The van der Waals surface area contributed by atoms with Gasteiger partial charge < -0.3 is 9.47 Å². The smallest absolute Gasteiger partial charge is 0.257 e. The van der Waals surface area contributed by atoms with Crippen LogP contribution in [0.2, 0.25) is 0 Å². The molecule has 1 N–H and O–H groups in total. The van der Waals surface area contributed by atoms with Gasteiger partial charge in [0.2, 0.25) is 0 Å². The molecule has 0 aliphatic carbocycles. The molecule has 0 atom stereocenters. The standard InChI is InChI=1S/C19H17FN2O3S/c1-24-10-12-3-5-13(6-4-12)18(23)22-19-21-16(11-26-19)14-7-8-17(25-2)15(20)9-14/h3-9,11H,10H2,1-2H3,(H,21,22,23). The first-order chi connectivity index (χ1) is 12.6. The van der Waals surface area contributed by atoms with Crippen molar-refractivity contribution >= 4 is 22.4 Å². The Kier molecular flexibility index (Phi) is 5.60. The predicted molar refractivity (Wildman–Crippen MR) is 99.2 cm³/mol. The number of benzene rings is 2. The van der Waals surface area contributed by atoms with Crippen LogP contribution in [-0.2, 0) is 11.3 Å². The van der Waals surface area contributed by atoms with Crippen LogP contribution in [0.15, 0.2) is 47.8 Å². The summed E-state index contributed by atoms with van der Waals surface area (Å²) < 4.78 is 23.8. The molecule has 1 aromatic heterocycles. The Bertz CT molecular complexity index is 909. The highest BCUT2D eigenvalue weighted by Crippen LogP contribution is 2.28. The van der Waals surface area contributed by atoms with Gasteiger partial charge in [0.05, 0.1) is 19.4 Å². The molecule has 7 heteroatoms. The van der Waals surface area contributed by atoms with E-state index in [9.17, 15) is 9.18 Å². The molecule has 0 bridgehead atoms. The summed E-state index contributed by atoms with van der Waals surface area (Å²) in [5.74, 6) is -0.537. The first kappa shape index (κ1) is 18.0. The minimum absolute atomic E-state index is 0.175. The van der Waals surface area contributed by atoms with Crippen molar-refractivity contribution in [3.8, 4) is 17.0 Å². The fourth-order valence-corrected chi connectivity index (χ4v) is 3.09. The molecule has 0 spiro atoms. The molecule has 0 radical (unpaired) electrons. The van der Waals surface area contributed by atoms with E-state index in [0.29, 0.717) is 28.6 Å². The van der Waals surface area contributed by atoms with Crippen LogP contribution in [-0.4, -0.2) is 25.1 Å². The summed E-state index contributed by atoms with van der Waals surface area (Å²) in [5, 5.41) is 4.96. The first-order valence-corrected chi connectivity index (χ1v) is 8.67. The van der Waals surface area contributed by atoms with Gasteiger partial charge in [-0.05, 0) is 35.9 Å². The number of carbonyl (C=O) groups is 1. The number of carbonyl (C=O) groups excluding carboxylic acids is 1. The van der Waals surface area contributed by atoms with Gasteiger partial charge in [-0.2, -0.15) is 0 Å². The lowest BCUT2D eigenvalue weighted by molar-refractivity contribution is 0.102. The van der Waals surface area contributed by atoms with Crippen molar-refractivity contribution < 1.29 is 18.7 Å². The number of hydrogen-bond donors (Lipinski definition) is 1. The monoisotopic (exact) mass is 372 g/mol.